The van der Waals surface area contributed by atoms with Gasteiger partial charge in [-0.05, 0) is 30.5 Å². The molecule has 0 bridgehead atoms. The van der Waals surface area contributed by atoms with E-state index in [0.29, 0.717) is 9.97 Å². The molecule has 0 atom stereocenters. The molecule has 86 valence electrons. The van der Waals surface area contributed by atoms with Crippen LogP contribution in [0.15, 0.2) is 38.3 Å². The molecule has 2 aromatic rings. The Morgan fingerprint density at radius 2 is 2.19 bits per heavy atom. The molecule has 1 N–H and O–H groups in total. The van der Waals surface area contributed by atoms with Gasteiger partial charge >= 0.3 is 0 Å². The van der Waals surface area contributed by atoms with E-state index in [-0.39, 0.29) is 6.54 Å². The van der Waals surface area contributed by atoms with Gasteiger partial charge in [0.25, 0.3) is 0 Å². The maximum Gasteiger partial charge on any atom is 0.250 e. The number of hydrogen-bond donors (Lipinski definition) is 1. The molecule has 2 rings (SSSR count). The van der Waals surface area contributed by atoms with E-state index < -0.39 is 10.0 Å². The largest absolute Gasteiger partial charge is 0.465 e. The van der Waals surface area contributed by atoms with Crippen LogP contribution in [-0.4, -0.2) is 8.42 Å². The molecule has 0 radical (unpaired) electrons. The Morgan fingerprint density at radius 1 is 1.38 bits per heavy atom. The maximum absolute atomic E-state index is 11.7. The van der Waals surface area contributed by atoms with Crippen LogP contribution in [0.2, 0.25) is 0 Å². The third-order valence-electron chi connectivity index (χ3n) is 1.99. The van der Waals surface area contributed by atoms with Crippen LogP contribution in [0.3, 0.4) is 0 Å². The van der Waals surface area contributed by atoms with Crippen LogP contribution in [0, 0.1) is 6.92 Å². The monoisotopic (exact) mass is 257 g/mol. The molecule has 0 aliphatic heterocycles. The van der Waals surface area contributed by atoms with Crippen LogP contribution >= 0.6 is 11.3 Å². The number of hydrogen-bond acceptors (Lipinski definition) is 4. The topological polar surface area (TPSA) is 59.3 Å². The summed E-state index contributed by atoms with van der Waals surface area (Å²) in [6.45, 7) is 1.99. The number of furan rings is 1. The molecule has 16 heavy (non-hydrogen) atoms. The number of thiophene rings is 1. The summed E-state index contributed by atoms with van der Waals surface area (Å²) in [5, 5.41) is 1.73. The second-order valence-corrected chi connectivity index (χ2v) is 6.21. The molecular weight excluding hydrogens is 246 g/mol. The maximum atomic E-state index is 11.7. The Bertz CT molecular complexity index is 555. The van der Waals surface area contributed by atoms with Gasteiger partial charge in [-0.15, -0.1) is 11.3 Å². The number of sulfonamides is 1. The normalized spacial score (nSPS) is 11.8. The van der Waals surface area contributed by atoms with Crippen LogP contribution in [-0.2, 0) is 16.6 Å². The van der Waals surface area contributed by atoms with E-state index in [1.54, 1.807) is 29.6 Å². The molecule has 0 amide bonds. The summed E-state index contributed by atoms with van der Waals surface area (Å²) >= 11 is 1.19. The molecule has 4 nitrogen and oxygen atoms in total. The van der Waals surface area contributed by atoms with Gasteiger partial charge in [0.2, 0.25) is 10.0 Å². The quantitative estimate of drug-likeness (QED) is 0.912. The standard InChI is InChI=1S/C10H11NO3S2/c1-8-4-5-9(14-8)7-11-16(12,13)10-3-2-6-15-10/h2-6,11H,7H2,1H3. The van der Waals surface area contributed by atoms with Gasteiger partial charge in [-0.25, -0.2) is 13.1 Å². The van der Waals surface area contributed by atoms with Gasteiger partial charge in [0.1, 0.15) is 15.7 Å². The average molecular weight is 257 g/mol. The van der Waals surface area contributed by atoms with Crippen molar-refractivity contribution in [3.05, 3.63) is 41.2 Å². The second kappa shape index (κ2) is 4.40. The van der Waals surface area contributed by atoms with Crippen LogP contribution in [0.5, 0.6) is 0 Å². The van der Waals surface area contributed by atoms with E-state index >= 15 is 0 Å². The zero-order valence-corrected chi connectivity index (χ0v) is 10.3. The van der Waals surface area contributed by atoms with Crippen LogP contribution < -0.4 is 4.72 Å². The molecule has 0 saturated heterocycles. The van der Waals surface area contributed by atoms with E-state index in [1.807, 2.05) is 6.92 Å². The van der Waals surface area contributed by atoms with Crippen molar-refractivity contribution >= 4 is 21.4 Å². The fraction of sp³-hybridized carbons (Fsp3) is 0.200. The SMILES string of the molecule is Cc1ccc(CNS(=O)(=O)c2cccs2)o1. The lowest BCUT2D eigenvalue weighted by molar-refractivity contribution is 0.475. The molecule has 0 saturated carbocycles. The Labute approximate surface area is 98.0 Å². The van der Waals surface area contributed by atoms with Crippen molar-refractivity contribution in [2.45, 2.75) is 17.7 Å². The minimum absolute atomic E-state index is 0.175. The number of aryl methyl sites for hydroxylation is 1. The predicted octanol–water partition coefficient (Wildman–Crippen LogP) is 2.13. The highest BCUT2D eigenvalue weighted by Crippen LogP contribution is 2.16. The lowest BCUT2D eigenvalue weighted by atomic mass is 10.4. The first-order chi connectivity index (χ1) is 7.58. The van der Waals surface area contributed by atoms with Gasteiger partial charge in [-0.2, -0.15) is 0 Å². The summed E-state index contributed by atoms with van der Waals surface area (Å²) in [5.41, 5.74) is 0. The summed E-state index contributed by atoms with van der Waals surface area (Å²) < 4.78 is 31.5. The molecule has 0 unspecified atom stereocenters. The fourth-order valence-electron chi connectivity index (χ4n) is 1.23. The Morgan fingerprint density at radius 3 is 2.75 bits per heavy atom. The summed E-state index contributed by atoms with van der Waals surface area (Å²) in [5.74, 6) is 1.38. The summed E-state index contributed by atoms with van der Waals surface area (Å²) in [6.07, 6.45) is 0. The van der Waals surface area contributed by atoms with Crippen LogP contribution in [0.25, 0.3) is 0 Å². The highest BCUT2D eigenvalue weighted by atomic mass is 32.2. The highest BCUT2D eigenvalue weighted by molar-refractivity contribution is 7.91. The first-order valence-corrected chi connectivity index (χ1v) is 7.03. The van der Waals surface area contributed by atoms with Gasteiger partial charge in [0, 0.05) is 0 Å². The smallest absolute Gasteiger partial charge is 0.250 e. The third kappa shape index (κ3) is 2.52. The van der Waals surface area contributed by atoms with E-state index in [9.17, 15) is 8.42 Å². The van der Waals surface area contributed by atoms with Gasteiger partial charge in [0.05, 0.1) is 6.54 Å². The minimum atomic E-state index is -3.40. The lowest BCUT2D eigenvalue weighted by Gasteiger charge is -2.01. The molecule has 0 fully saturated rings. The van der Waals surface area contributed by atoms with Crippen molar-refractivity contribution in [1.29, 1.82) is 0 Å². The Kier molecular flexibility index (Phi) is 3.13. The van der Waals surface area contributed by atoms with Crippen molar-refractivity contribution < 1.29 is 12.8 Å². The Balaban J connectivity index is 2.06. The van der Waals surface area contributed by atoms with E-state index in [4.69, 9.17) is 4.42 Å². The lowest BCUT2D eigenvalue weighted by Crippen LogP contribution is -2.22. The van der Waals surface area contributed by atoms with Gasteiger partial charge in [-0.3, -0.25) is 0 Å². The van der Waals surface area contributed by atoms with Gasteiger partial charge in [-0.1, -0.05) is 6.07 Å². The second-order valence-electron chi connectivity index (χ2n) is 3.27. The Hall–Kier alpha value is -1.11. The van der Waals surface area contributed by atoms with E-state index in [2.05, 4.69) is 4.72 Å². The fourth-order valence-corrected chi connectivity index (χ4v) is 3.26. The first kappa shape index (κ1) is 11.4. The minimum Gasteiger partial charge on any atom is -0.465 e. The first-order valence-electron chi connectivity index (χ1n) is 4.66. The predicted molar refractivity (Wildman–Crippen MR) is 61.8 cm³/mol. The molecule has 6 heteroatoms. The number of nitrogens with one attached hydrogen (secondary N) is 1. The molecular formula is C10H11NO3S2. The van der Waals surface area contributed by atoms with Crippen molar-refractivity contribution in [1.82, 2.24) is 4.72 Å². The molecule has 2 heterocycles. The average Bonchev–Trinajstić information content (AvgIpc) is 2.85. The van der Waals surface area contributed by atoms with Crippen LogP contribution in [0.4, 0.5) is 0 Å². The van der Waals surface area contributed by atoms with Crippen molar-refractivity contribution in [3.63, 3.8) is 0 Å². The van der Waals surface area contributed by atoms with Crippen molar-refractivity contribution in [2.75, 3.05) is 0 Å². The molecule has 0 aromatic carbocycles. The molecule has 0 aliphatic rings. The van der Waals surface area contributed by atoms with Crippen molar-refractivity contribution in [2.24, 2.45) is 0 Å². The summed E-state index contributed by atoms with van der Waals surface area (Å²) in [4.78, 5) is 0. The molecule has 2 aromatic heterocycles. The third-order valence-corrected chi connectivity index (χ3v) is 4.79. The molecule has 0 aliphatic carbocycles. The van der Waals surface area contributed by atoms with E-state index in [0.717, 1.165) is 5.76 Å². The summed E-state index contributed by atoms with van der Waals surface area (Å²) in [7, 11) is -3.40. The van der Waals surface area contributed by atoms with Crippen LogP contribution in [0.1, 0.15) is 11.5 Å². The molecule has 0 spiro atoms. The summed E-state index contributed by atoms with van der Waals surface area (Å²) in [6, 6.07) is 6.83. The number of rotatable bonds is 4. The van der Waals surface area contributed by atoms with E-state index in [1.165, 1.54) is 11.3 Å². The van der Waals surface area contributed by atoms with Gasteiger partial charge in [0.15, 0.2) is 0 Å². The van der Waals surface area contributed by atoms with Gasteiger partial charge < -0.3 is 4.42 Å². The zero-order chi connectivity index (χ0) is 11.6. The highest BCUT2D eigenvalue weighted by Gasteiger charge is 2.14. The van der Waals surface area contributed by atoms with Crippen molar-refractivity contribution in [3.8, 4) is 0 Å². The zero-order valence-electron chi connectivity index (χ0n) is 8.64.